The zero-order valence-electron chi connectivity index (χ0n) is 14.6. The van der Waals surface area contributed by atoms with Gasteiger partial charge in [0, 0.05) is 30.9 Å². The number of anilines is 1. The third-order valence-corrected chi connectivity index (χ3v) is 4.63. The van der Waals surface area contributed by atoms with E-state index in [1.54, 1.807) is 6.07 Å². The van der Waals surface area contributed by atoms with Gasteiger partial charge in [-0.15, -0.1) is 0 Å². The molecule has 0 radical (unpaired) electrons. The van der Waals surface area contributed by atoms with E-state index in [2.05, 4.69) is 22.3 Å². The van der Waals surface area contributed by atoms with Gasteiger partial charge in [0.15, 0.2) is 0 Å². The summed E-state index contributed by atoms with van der Waals surface area (Å²) in [6.45, 7) is 5.67. The van der Waals surface area contributed by atoms with Crippen LogP contribution in [0.4, 0.5) is 5.69 Å². The molecule has 0 aliphatic carbocycles. The molecule has 5 heteroatoms. The third-order valence-electron chi connectivity index (χ3n) is 4.63. The normalized spacial score (nSPS) is 16.4. The van der Waals surface area contributed by atoms with Crippen molar-refractivity contribution >= 4 is 11.6 Å². The molecule has 1 fully saturated rings. The minimum absolute atomic E-state index is 0.0843. The van der Waals surface area contributed by atoms with E-state index >= 15 is 0 Å². The fraction of sp³-hybridized carbons (Fsp3) is 0.350. The summed E-state index contributed by atoms with van der Waals surface area (Å²) in [5.41, 5.74) is 9.19. The van der Waals surface area contributed by atoms with Crippen LogP contribution in [-0.2, 0) is 4.74 Å². The first-order valence-electron chi connectivity index (χ1n) is 8.66. The average molecular weight is 339 g/mol. The molecule has 1 unspecified atom stereocenters. The van der Waals surface area contributed by atoms with Gasteiger partial charge >= 0.3 is 0 Å². The quantitative estimate of drug-likeness (QED) is 0.821. The number of benzene rings is 2. The van der Waals surface area contributed by atoms with Crippen LogP contribution >= 0.6 is 0 Å². The minimum atomic E-state index is -0.0843. The van der Waals surface area contributed by atoms with Crippen molar-refractivity contribution in [2.24, 2.45) is 0 Å². The van der Waals surface area contributed by atoms with Gasteiger partial charge in [-0.2, -0.15) is 0 Å². The van der Waals surface area contributed by atoms with E-state index in [1.807, 2.05) is 37.3 Å². The van der Waals surface area contributed by atoms with Crippen LogP contribution < -0.4 is 11.1 Å². The highest BCUT2D eigenvalue weighted by Crippen LogP contribution is 2.21. The van der Waals surface area contributed by atoms with E-state index in [0.29, 0.717) is 17.8 Å². The van der Waals surface area contributed by atoms with Crippen molar-refractivity contribution in [3.8, 4) is 0 Å². The molecule has 25 heavy (non-hydrogen) atoms. The lowest BCUT2D eigenvalue weighted by atomic mass is 10.0. The summed E-state index contributed by atoms with van der Waals surface area (Å²) in [4.78, 5) is 15.0. The van der Waals surface area contributed by atoms with Crippen molar-refractivity contribution in [2.45, 2.75) is 13.0 Å². The fourth-order valence-electron chi connectivity index (χ4n) is 3.19. The molecule has 2 aromatic carbocycles. The highest BCUT2D eigenvalue weighted by Gasteiger charge is 2.23. The summed E-state index contributed by atoms with van der Waals surface area (Å²) in [6.07, 6.45) is 0. The van der Waals surface area contributed by atoms with Gasteiger partial charge in [-0.1, -0.05) is 36.4 Å². The first kappa shape index (κ1) is 17.5. The molecule has 5 nitrogen and oxygen atoms in total. The van der Waals surface area contributed by atoms with Crippen LogP contribution in [0, 0.1) is 6.92 Å². The Kier molecular flexibility index (Phi) is 5.68. The molecule has 132 valence electrons. The number of carbonyl (C=O) groups excluding carboxylic acids is 1. The number of ether oxygens (including phenoxy) is 1. The molecule has 3 N–H and O–H groups in total. The highest BCUT2D eigenvalue weighted by molar-refractivity contribution is 5.96. The predicted octanol–water partition coefficient (Wildman–Crippen LogP) is 2.38. The SMILES string of the molecule is Cc1ccc(N)cc1C(=O)NCC(c1ccccc1)N1CCOCC1. The Labute approximate surface area is 148 Å². The van der Waals surface area contributed by atoms with Gasteiger partial charge < -0.3 is 15.8 Å². The lowest BCUT2D eigenvalue weighted by Crippen LogP contribution is -2.43. The van der Waals surface area contributed by atoms with Gasteiger partial charge in [-0.3, -0.25) is 9.69 Å². The van der Waals surface area contributed by atoms with Crippen molar-refractivity contribution in [1.29, 1.82) is 0 Å². The summed E-state index contributed by atoms with van der Waals surface area (Å²) in [5, 5.41) is 3.09. The van der Waals surface area contributed by atoms with Gasteiger partial charge in [0.1, 0.15) is 0 Å². The van der Waals surface area contributed by atoms with Crippen LogP contribution in [0.3, 0.4) is 0 Å². The molecule has 1 aliphatic rings. The first-order chi connectivity index (χ1) is 12.1. The molecule has 1 atom stereocenters. The van der Waals surface area contributed by atoms with Crippen LogP contribution in [0.5, 0.6) is 0 Å². The van der Waals surface area contributed by atoms with Crippen molar-refractivity contribution in [3.05, 3.63) is 65.2 Å². The number of aryl methyl sites for hydroxylation is 1. The van der Waals surface area contributed by atoms with Crippen molar-refractivity contribution in [3.63, 3.8) is 0 Å². The Morgan fingerprint density at radius 2 is 1.92 bits per heavy atom. The molecular formula is C20H25N3O2. The largest absolute Gasteiger partial charge is 0.399 e. The van der Waals surface area contributed by atoms with Gasteiger partial charge in [0.2, 0.25) is 0 Å². The summed E-state index contributed by atoms with van der Waals surface area (Å²) in [5.74, 6) is -0.0843. The van der Waals surface area contributed by atoms with Crippen LogP contribution in [0.1, 0.15) is 27.5 Å². The maximum atomic E-state index is 12.6. The number of morpholine rings is 1. The molecule has 0 saturated carbocycles. The minimum Gasteiger partial charge on any atom is -0.399 e. The third kappa shape index (κ3) is 4.38. The molecule has 1 heterocycles. The maximum absolute atomic E-state index is 12.6. The molecule has 1 aliphatic heterocycles. The first-order valence-corrected chi connectivity index (χ1v) is 8.66. The van der Waals surface area contributed by atoms with Crippen LogP contribution in [0.15, 0.2) is 48.5 Å². The Morgan fingerprint density at radius 1 is 1.20 bits per heavy atom. The molecule has 0 bridgehead atoms. The van der Waals surface area contributed by atoms with Crippen molar-refractivity contribution in [1.82, 2.24) is 10.2 Å². The molecule has 0 aromatic heterocycles. The number of nitrogens with two attached hydrogens (primary N) is 1. The second kappa shape index (κ2) is 8.14. The average Bonchev–Trinajstić information content (AvgIpc) is 2.65. The van der Waals surface area contributed by atoms with Gasteiger partial charge in [0.25, 0.3) is 5.91 Å². The number of nitrogens with one attached hydrogen (secondary N) is 1. The Balaban J connectivity index is 1.74. The number of nitrogens with zero attached hydrogens (tertiary/aromatic N) is 1. The lowest BCUT2D eigenvalue weighted by molar-refractivity contribution is 0.0162. The zero-order chi connectivity index (χ0) is 17.6. The van der Waals surface area contributed by atoms with Gasteiger partial charge in [-0.25, -0.2) is 0 Å². The maximum Gasteiger partial charge on any atom is 0.251 e. The Hall–Kier alpha value is -2.37. The predicted molar refractivity (Wildman–Crippen MR) is 99.5 cm³/mol. The number of hydrogen-bond acceptors (Lipinski definition) is 4. The monoisotopic (exact) mass is 339 g/mol. The molecule has 3 rings (SSSR count). The van der Waals surface area contributed by atoms with E-state index in [1.165, 1.54) is 5.56 Å². The van der Waals surface area contributed by atoms with Crippen molar-refractivity contribution < 1.29 is 9.53 Å². The highest BCUT2D eigenvalue weighted by atomic mass is 16.5. The molecule has 2 aromatic rings. The second-order valence-electron chi connectivity index (χ2n) is 6.36. The number of amides is 1. The fourth-order valence-corrected chi connectivity index (χ4v) is 3.19. The van der Waals surface area contributed by atoms with Crippen LogP contribution in [0.2, 0.25) is 0 Å². The van der Waals surface area contributed by atoms with Gasteiger partial charge in [0.05, 0.1) is 19.3 Å². The zero-order valence-corrected chi connectivity index (χ0v) is 14.6. The molecule has 1 saturated heterocycles. The standard InChI is InChI=1S/C20H25N3O2/c1-15-7-8-17(21)13-18(15)20(24)22-14-19(16-5-3-2-4-6-16)23-9-11-25-12-10-23/h2-8,13,19H,9-12,14,21H2,1H3,(H,22,24). The molecule has 1 amide bonds. The molecular weight excluding hydrogens is 314 g/mol. The van der Waals surface area contributed by atoms with E-state index in [9.17, 15) is 4.79 Å². The number of nitrogen functional groups attached to an aromatic ring is 1. The number of rotatable bonds is 5. The Bertz CT molecular complexity index is 712. The smallest absolute Gasteiger partial charge is 0.251 e. The second-order valence-corrected chi connectivity index (χ2v) is 6.36. The van der Waals surface area contributed by atoms with Gasteiger partial charge in [-0.05, 0) is 30.2 Å². The van der Waals surface area contributed by atoms with E-state index < -0.39 is 0 Å². The van der Waals surface area contributed by atoms with E-state index in [4.69, 9.17) is 10.5 Å². The van der Waals surface area contributed by atoms with Crippen LogP contribution in [-0.4, -0.2) is 43.7 Å². The van der Waals surface area contributed by atoms with Crippen LogP contribution in [0.25, 0.3) is 0 Å². The number of hydrogen-bond donors (Lipinski definition) is 2. The van der Waals surface area contributed by atoms with E-state index in [-0.39, 0.29) is 11.9 Å². The van der Waals surface area contributed by atoms with E-state index in [0.717, 1.165) is 31.9 Å². The lowest BCUT2D eigenvalue weighted by Gasteiger charge is -2.35. The number of carbonyl (C=O) groups is 1. The summed E-state index contributed by atoms with van der Waals surface area (Å²) >= 11 is 0. The van der Waals surface area contributed by atoms with Crippen molar-refractivity contribution in [2.75, 3.05) is 38.6 Å². The summed E-state index contributed by atoms with van der Waals surface area (Å²) in [7, 11) is 0. The summed E-state index contributed by atoms with van der Waals surface area (Å²) < 4.78 is 5.47. The summed E-state index contributed by atoms with van der Waals surface area (Å²) in [6, 6.07) is 15.9. The Morgan fingerprint density at radius 3 is 2.64 bits per heavy atom. The topological polar surface area (TPSA) is 67.6 Å². The molecule has 0 spiro atoms.